The molecule has 0 spiro atoms. The summed E-state index contributed by atoms with van der Waals surface area (Å²) >= 11 is 0. The van der Waals surface area contributed by atoms with Crippen molar-refractivity contribution >= 4 is 15.8 Å². The third kappa shape index (κ3) is 5.13. The molecule has 0 radical (unpaired) electrons. The van der Waals surface area contributed by atoms with E-state index in [-0.39, 0.29) is 5.75 Å². The van der Waals surface area contributed by atoms with Crippen LogP contribution in [0.2, 0.25) is 0 Å². The van der Waals surface area contributed by atoms with Crippen LogP contribution >= 0.6 is 0 Å². The molecule has 116 valence electrons. The van der Waals surface area contributed by atoms with E-state index < -0.39 is 15.8 Å². The van der Waals surface area contributed by atoms with Crippen molar-refractivity contribution in [2.24, 2.45) is 5.92 Å². The minimum Gasteiger partial charge on any atom is -0.478 e. The number of hydrogen-bond donors (Lipinski definition) is 1. The van der Waals surface area contributed by atoms with Crippen LogP contribution in [0.25, 0.3) is 0 Å². The van der Waals surface area contributed by atoms with Gasteiger partial charge in [-0.3, -0.25) is 0 Å². The van der Waals surface area contributed by atoms with Crippen LogP contribution < -0.4 is 0 Å². The van der Waals surface area contributed by atoms with Crippen molar-refractivity contribution in [2.45, 2.75) is 12.8 Å². The topological polar surface area (TPSA) is 74.7 Å². The van der Waals surface area contributed by atoms with E-state index in [1.165, 1.54) is 6.26 Å². The van der Waals surface area contributed by atoms with Gasteiger partial charge >= 0.3 is 5.97 Å². The van der Waals surface area contributed by atoms with E-state index in [1.807, 2.05) is 6.07 Å². The summed E-state index contributed by atoms with van der Waals surface area (Å²) in [4.78, 5) is 13.1. The maximum Gasteiger partial charge on any atom is 0.335 e. The molecule has 1 aliphatic rings. The lowest BCUT2D eigenvalue weighted by Crippen LogP contribution is -2.27. The predicted molar refractivity (Wildman–Crippen MR) is 81.4 cm³/mol. The van der Waals surface area contributed by atoms with Crippen LogP contribution in [0.3, 0.4) is 0 Å². The Labute approximate surface area is 125 Å². The van der Waals surface area contributed by atoms with Crippen molar-refractivity contribution in [3.63, 3.8) is 0 Å². The number of sulfone groups is 1. The van der Waals surface area contributed by atoms with Crippen LogP contribution in [0, 0.1) is 5.92 Å². The molecular weight excluding hydrogens is 290 g/mol. The zero-order chi connectivity index (χ0) is 15.5. The van der Waals surface area contributed by atoms with E-state index in [2.05, 4.69) is 4.90 Å². The summed E-state index contributed by atoms with van der Waals surface area (Å²) in [6, 6.07) is 7.04. The number of likely N-dealkylation sites (tertiary alicyclic amines) is 1. The summed E-state index contributed by atoms with van der Waals surface area (Å²) in [6.07, 6.45) is 3.13. The third-order valence-electron chi connectivity index (χ3n) is 3.85. The molecule has 1 aromatic carbocycles. The largest absolute Gasteiger partial charge is 0.478 e. The second kappa shape index (κ2) is 6.58. The molecule has 1 aromatic rings. The first-order valence-electron chi connectivity index (χ1n) is 7.06. The molecular formula is C15H21NO4S. The van der Waals surface area contributed by atoms with Crippen LogP contribution in [0.15, 0.2) is 24.3 Å². The lowest BCUT2D eigenvalue weighted by atomic mass is 9.97. The second-order valence-corrected chi connectivity index (χ2v) is 8.05. The van der Waals surface area contributed by atoms with Crippen molar-refractivity contribution in [3.8, 4) is 0 Å². The average Bonchev–Trinajstić information content (AvgIpc) is 2.83. The summed E-state index contributed by atoms with van der Waals surface area (Å²) in [7, 11) is -2.91. The fourth-order valence-electron chi connectivity index (χ4n) is 2.74. The number of nitrogens with zero attached hydrogens (tertiary/aromatic N) is 1. The quantitative estimate of drug-likeness (QED) is 0.857. The molecule has 0 saturated carbocycles. The zero-order valence-corrected chi connectivity index (χ0v) is 13.0. The summed E-state index contributed by atoms with van der Waals surface area (Å²) in [6.45, 7) is 2.39. The summed E-state index contributed by atoms with van der Waals surface area (Å²) in [5, 5.41) is 8.99. The zero-order valence-electron chi connectivity index (χ0n) is 12.2. The minimum atomic E-state index is -2.91. The molecule has 0 aliphatic carbocycles. The molecule has 1 N–H and O–H groups in total. The third-order valence-corrected chi connectivity index (χ3v) is 4.77. The van der Waals surface area contributed by atoms with Gasteiger partial charge in [-0.05, 0) is 43.0 Å². The molecule has 2 rings (SSSR count). The number of hydrogen-bond acceptors (Lipinski definition) is 4. The van der Waals surface area contributed by atoms with Gasteiger partial charge in [-0.15, -0.1) is 0 Å². The maximum atomic E-state index is 11.2. The Kier molecular flexibility index (Phi) is 5.00. The van der Waals surface area contributed by atoms with Crippen LogP contribution in [0.5, 0.6) is 0 Å². The van der Waals surface area contributed by atoms with Gasteiger partial charge in [0.2, 0.25) is 0 Å². The fraction of sp³-hybridized carbons (Fsp3) is 0.533. The standard InChI is InChI=1S/C15H21NO4S/c1-21(19,20)8-7-16-6-5-13(11-16)9-12-3-2-4-14(10-12)15(17)18/h2-4,10,13H,5-9,11H2,1H3,(H,17,18)/t13-/m1/s1. The van der Waals surface area contributed by atoms with E-state index in [9.17, 15) is 13.2 Å². The van der Waals surface area contributed by atoms with Crippen LogP contribution in [-0.4, -0.2) is 56.0 Å². The molecule has 1 heterocycles. The lowest BCUT2D eigenvalue weighted by Gasteiger charge is -2.15. The Morgan fingerprint density at radius 2 is 2.19 bits per heavy atom. The van der Waals surface area contributed by atoms with Gasteiger partial charge in [0.05, 0.1) is 11.3 Å². The van der Waals surface area contributed by atoms with Crippen LogP contribution in [0.4, 0.5) is 0 Å². The molecule has 1 fully saturated rings. The number of benzene rings is 1. The van der Waals surface area contributed by atoms with Crippen molar-refractivity contribution in [1.29, 1.82) is 0 Å². The molecule has 21 heavy (non-hydrogen) atoms. The van der Waals surface area contributed by atoms with E-state index in [0.29, 0.717) is 18.0 Å². The highest BCUT2D eigenvalue weighted by Gasteiger charge is 2.23. The lowest BCUT2D eigenvalue weighted by molar-refractivity contribution is 0.0696. The molecule has 1 atom stereocenters. The van der Waals surface area contributed by atoms with Gasteiger partial charge in [-0.2, -0.15) is 0 Å². The molecule has 6 heteroatoms. The average molecular weight is 311 g/mol. The predicted octanol–water partition coefficient (Wildman–Crippen LogP) is 1.29. The smallest absolute Gasteiger partial charge is 0.335 e. The SMILES string of the molecule is CS(=O)(=O)CCN1CC[C@H](Cc2cccc(C(=O)O)c2)C1. The molecule has 0 unspecified atom stereocenters. The Morgan fingerprint density at radius 3 is 2.86 bits per heavy atom. The first kappa shape index (κ1) is 16.0. The number of carboxylic acid groups (broad SMARTS) is 1. The van der Waals surface area contributed by atoms with Crippen LogP contribution in [0.1, 0.15) is 22.3 Å². The Balaban J connectivity index is 1.88. The summed E-state index contributed by atoms with van der Waals surface area (Å²) < 4.78 is 22.4. The highest BCUT2D eigenvalue weighted by atomic mass is 32.2. The van der Waals surface area contributed by atoms with Crippen molar-refractivity contribution in [2.75, 3.05) is 31.6 Å². The van der Waals surface area contributed by atoms with E-state index in [0.717, 1.165) is 31.5 Å². The molecule has 1 saturated heterocycles. The van der Waals surface area contributed by atoms with Gasteiger partial charge in [0.1, 0.15) is 9.84 Å². The van der Waals surface area contributed by atoms with Crippen molar-refractivity contribution in [3.05, 3.63) is 35.4 Å². The molecule has 1 aliphatic heterocycles. The van der Waals surface area contributed by atoms with Gasteiger partial charge in [-0.1, -0.05) is 12.1 Å². The van der Waals surface area contributed by atoms with E-state index in [4.69, 9.17) is 5.11 Å². The molecule has 5 nitrogen and oxygen atoms in total. The maximum absolute atomic E-state index is 11.2. The van der Waals surface area contributed by atoms with Crippen molar-refractivity contribution in [1.82, 2.24) is 4.90 Å². The highest BCUT2D eigenvalue weighted by molar-refractivity contribution is 7.90. The first-order valence-corrected chi connectivity index (χ1v) is 9.12. The van der Waals surface area contributed by atoms with Gasteiger partial charge < -0.3 is 10.0 Å². The van der Waals surface area contributed by atoms with E-state index in [1.54, 1.807) is 18.2 Å². The molecule has 0 bridgehead atoms. The van der Waals surface area contributed by atoms with Crippen molar-refractivity contribution < 1.29 is 18.3 Å². The normalized spacial score (nSPS) is 19.8. The Morgan fingerprint density at radius 1 is 1.43 bits per heavy atom. The minimum absolute atomic E-state index is 0.203. The van der Waals surface area contributed by atoms with Gasteiger partial charge in [0.25, 0.3) is 0 Å². The van der Waals surface area contributed by atoms with Gasteiger partial charge in [0, 0.05) is 19.3 Å². The monoisotopic (exact) mass is 311 g/mol. The Bertz CT molecular complexity index is 612. The fourth-order valence-corrected chi connectivity index (χ4v) is 3.33. The first-order chi connectivity index (χ1) is 9.83. The summed E-state index contributed by atoms with van der Waals surface area (Å²) in [5.74, 6) is -0.236. The summed E-state index contributed by atoms with van der Waals surface area (Å²) in [5.41, 5.74) is 1.35. The number of carboxylic acids is 1. The molecule has 0 amide bonds. The van der Waals surface area contributed by atoms with E-state index >= 15 is 0 Å². The Hall–Kier alpha value is -1.40. The van der Waals surface area contributed by atoms with Gasteiger partial charge in [0.15, 0.2) is 0 Å². The second-order valence-electron chi connectivity index (χ2n) is 5.79. The number of carbonyl (C=O) groups is 1. The molecule has 0 aromatic heterocycles. The number of rotatable bonds is 6. The number of aromatic carboxylic acids is 1. The highest BCUT2D eigenvalue weighted by Crippen LogP contribution is 2.21. The van der Waals surface area contributed by atoms with Gasteiger partial charge in [-0.25, -0.2) is 13.2 Å². The van der Waals surface area contributed by atoms with Crippen LogP contribution in [-0.2, 0) is 16.3 Å².